The molecule has 0 spiro atoms. The number of nitrogens with zero attached hydrogens (tertiary/aromatic N) is 1. The van der Waals surface area contributed by atoms with Gasteiger partial charge in [-0.1, -0.05) is 56.3 Å². The van der Waals surface area contributed by atoms with Gasteiger partial charge < -0.3 is 10.2 Å². The van der Waals surface area contributed by atoms with Gasteiger partial charge in [-0.3, -0.25) is 9.59 Å². The van der Waals surface area contributed by atoms with E-state index in [-0.39, 0.29) is 11.8 Å². The molecule has 0 saturated heterocycles. The summed E-state index contributed by atoms with van der Waals surface area (Å²) in [5.41, 5.74) is 2.89. The van der Waals surface area contributed by atoms with Gasteiger partial charge in [-0.15, -0.1) is 0 Å². The fraction of sp³-hybridized carbons (Fsp3) is 0.333. The van der Waals surface area contributed by atoms with Crippen molar-refractivity contribution in [1.82, 2.24) is 5.32 Å². The van der Waals surface area contributed by atoms with Gasteiger partial charge in [-0.05, 0) is 29.7 Å². The summed E-state index contributed by atoms with van der Waals surface area (Å²) in [5.74, 6) is 0.109. The number of hydrogen-bond acceptors (Lipinski definition) is 2. The average Bonchev–Trinajstić information content (AvgIpc) is 2.65. The molecular formula is C21H26N2O2. The molecule has 0 unspecified atom stereocenters. The molecule has 2 amide bonds. The highest BCUT2D eigenvalue weighted by Gasteiger charge is 2.14. The lowest BCUT2D eigenvalue weighted by Crippen LogP contribution is -2.29. The molecule has 0 fully saturated rings. The van der Waals surface area contributed by atoms with E-state index in [1.54, 1.807) is 4.90 Å². The summed E-state index contributed by atoms with van der Waals surface area (Å²) < 4.78 is 0. The second-order valence-corrected chi connectivity index (χ2v) is 6.01. The Balaban J connectivity index is 2.10. The van der Waals surface area contributed by atoms with E-state index in [1.807, 2.05) is 68.4 Å². The SMILES string of the molecule is CCCNC(=O)Cc1ccc(N(Cc2ccccc2)C(=O)CC)cc1. The van der Waals surface area contributed by atoms with Gasteiger partial charge in [0.1, 0.15) is 0 Å². The molecule has 2 aromatic rings. The second-order valence-electron chi connectivity index (χ2n) is 6.01. The summed E-state index contributed by atoms with van der Waals surface area (Å²) in [4.78, 5) is 26.0. The Kier molecular flexibility index (Phi) is 7.20. The number of hydrogen-bond donors (Lipinski definition) is 1. The van der Waals surface area contributed by atoms with Crippen LogP contribution in [0.2, 0.25) is 0 Å². The van der Waals surface area contributed by atoms with Gasteiger partial charge in [0.25, 0.3) is 0 Å². The van der Waals surface area contributed by atoms with Crippen LogP contribution in [-0.4, -0.2) is 18.4 Å². The molecule has 0 aliphatic rings. The summed E-state index contributed by atoms with van der Waals surface area (Å²) in [6.07, 6.45) is 1.74. The molecule has 25 heavy (non-hydrogen) atoms. The predicted octanol–water partition coefficient (Wildman–Crippen LogP) is 3.70. The van der Waals surface area contributed by atoms with Gasteiger partial charge in [0, 0.05) is 18.7 Å². The number of anilines is 1. The van der Waals surface area contributed by atoms with Crippen LogP contribution in [0.25, 0.3) is 0 Å². The average molecular weight is 338 g/mol. The summed E-state index contributed by atoms with van der Waals surface area (Å²) in [6, 6.07) is 17.6. The quantitative estimate of drug-likeness (QED) is 0.798. The van der Waals surface area contributed by atoms with Gasteiger partial charge in [-0.2, -0.15) is 0 Å². The maximum absolute atomic E-state index is 12.4. The Morgan fingerprint density at radius 2 is 1.60 bits per heavy atom. The highest BCUT2D eigenvalue weighted by Crippen LogP contribution is 2.19. The maximum Gasteiger partial charge on any atom is 0.227 e. The van der Waals surface area contributed by atoms with Gasteiger partial charge in [0.05, 0.1) is 13.0 Å². The molecule has 2 aromatic carbocycles. The standard InChI is InChI=1S/C21H26N2O2/c1-3-14-22-20(24)15-17-10-12-19(13-11-17)23(21(25)4-2)16-18-8-6-5-7-9-18/h5-13H,3-4,14-16H2,1-2H3,(H,22,24). The van der Waals surface area contributed by atoms with E-state index in [4.69, 9.17) is 0 Å². The molecule has 0 radical (unpaired) electrons. The fourth-order valence-corrected chi connectivity index (χ4v) is 2.59. The maximum atomic E-state index is 12.4. The van der Waals surface area contributed by atoms with Gasteiger partial charge in [0.2, 0.25) is 11.8 Å². The lowest BCUT2D eigenvalue weighted by molar-refractivity contribution is -0.120. The zero-order valence-corrected chi connectivity index (χ0v) is 15.0. The zero-order valence-electron chi connectivity index (χ0n) is 15.0. The van der Waals surface area contributed by atoms with Crippen molar-refractivity contribution in [2.75, 3.05) is 11.4 Å². The van der Waals surface area contributed by atoms with Gasteiger partial charge >= 0.3 is 0 Å². The van der Waals surface area contributed by atoms with Crippen molar-refractivity contribution >= 4 is 17.5 Å². The van der Waals surface area contributed by atoms with E-state index in [2.05, 4.69) is 5.32 Å². The van der Waals surface area contributed by atoms with Crippen LogP contribution in [0.1, 0.15) is 37.8 Å². The lowest BCUT2D eigenvalue weighted by Gasteiger charge is -2.23. The van der Waals surface area contributed by atoms with Crippen LogP contribution >= 0.6 is 0 Å². The molecule has 0 saturated carbocycles. The van der Waals surface area contributed by atoms with E-state index in [0.717, 1.165) is 23.2 Å². The van der Waals surface area contributed by atoms with Crippen LogP contribution in [0.15, 0.2) is 54.6 Å². The minimum absolute atomic E-state index is 0.0281. The molecule has 0 aliphatic heterocycles. The second kappa shape index (κ2) is 9.62. The van der Waals surface area contributed by atoms with E-state index < -0.39 is 0 Å². The Bertz CT molecular complexity index is 681. The molecule has 0 aromatic heterocycles. The van der Waals surface area contributed by atoms with Crippen molar-refractivity contribution in [2.24, 2.45) is 0 Å². The smallest absolute Gasteiger partial charge is 0.227 e. The largest absolute Gasteiger partial charge is 0.356 e. The molecule has 0 atom stereocenters. The molecule has 4 heteroatoms. The Hall–Kier alpha value is -2.62. The molecule has 0 heterocycles. The fourth-order valence-electron chi connectivity index (χ4n) is 2.59. The van der Waals surface area contributed by atoms with Crippen LogP contribution in [0.4, 0.5) is 5.69 Å². The summed E-state index contributed by atoms with van der Waals surface area (Å²) >= 11 is 0. The monoisotopic (exact) mass is 338 g/mol. The third kappa shape index (κ3) is 5.75. The van der Waals surface area contributed by atoms with Crippen LogP contribution in [-0.2, 0) is 22.6 Å². The number of benzene rings is 2. The molecular weight excluding hydrogens is 312 g/mol. The molecule has 2 rings (SSSR count). The van der Waals surface area contributed by atoms with Crippen molar-refractivity contribution < 1.29 is 9.59 Å². The van der Waals surface area contributed by atoms with Crippen molar-refractivity contribution in [2.45, 2.75) is 39.7 Å². The van der Waals surface area contributed by atoms with Gasteiger partial charge in [-0.25, -0.2) is 0 Å². The van der Waals surface area contributed by atoms with E-state index in [0.29, 0.717) is 25.9 Å². The summed E-state index contributed by atoms with van der Waals surface area (Å²) in [5, 5.41) is 2.87. The first-order chi connectivity index (χ1) is 12.1. The first-order valence-corrected chi connectivity index (χ1v) is 8.84. The molecule has 4 nitrogen and oxygen atoms in total. The van der Waals surface area contributed by atoms with E-state index in [9.17, 15) is 9.59 Å². The molecule has 0 bridgehead atoms. The first kappa shape index (κ1) is 18.7. The minimum atomic E-state index is 0.0281. The zero-order chi connectivity index (χ0) is 18.1. The third-order valence-electron chi connectivity index (χ3n) is 3.97. The van der Waals surface area contributed by atoms with Crippen LogP contribution in [0, 0.1) is 0 Å². The molecule has 0 aliphatic carbocycles. The van der Waals surface area contributed by atoms with Crippen molar-refractivity contribution in [1.29, 1.82) is 0 Å². The van der Waals surface area contributed by atoms with Gasteiger partial charge in [0.15, 0.2) is 0 Å². The Labute approximate surface area is 149 Å². The summed E-state index contributed by atoms with van der Waals surface area (Å²) in [7, 11) is 0. The highest BCUT2D eigenvalue weighted by atomic mass is 16.2. The van der Waals surface area contributed by atoms with Crippen molar-refractivity contribution in [3.8, 4) is 0 Å². The summed E-state index contributed by atoms with van der Waals surface area (Å²) in [6.45, 7) is 5.14. The Morgan fingerprint density at radius 1 is 0.920 bits per heavy atom. The minimum Gasteiger partial charge on any atom is -0.356 e. The van der Waals surface area contributed by atoms with Crippen LogP contribution in [0.5, 0.6) is 0 Å². The number of amides is 2. The van der Waals surface area contributed by atoms with E-state index in [1.165, 1.54) is 0 Å². The molecule has 132 valence electrons. The Morgan fingerprint density at radius 3 is 2.20 bits per heavy atom. The topological polar surface area (TPSA) is 49.4 Å². The lowest BCUT2D eigenvalue weighted by atomic mass is 10.1. The number of carbonyl (C=O) groups is 2. The van der Waals surface area contributed by atoms with Crippen LogP contribution < -0.4 is 10.2 Å². The predicted molar refractivity (Wildman–Crippen MR) is 101 cm³/mol. The number of nitrogens with one attached hydrogen (secondary N) is 1. The highest BCUT2D eigenvalue weighted by molar-refractivity contribution is 5.93. The third-order valence-corrected chi connectivity index (χ3v) is 3.97. The number of rotatable bonds is 8. The van der Waals surface area contributed by atoms with E-state index >= 15 is 0 Å². The number of carbonyl (C=O) groups excluding carboxylic acids is 2. The first-order valence-electron chi connectivity index (χ1n) is 8.84. The van der Waals surface area contributed by atoms with Crippen LogP contribution in [0.3, 0.4) is 0 Å². The van der Waals surface area contributed by atoms with Crippen molar-refractivity contribution in [3.05, 3.63) is 65.7 Å². The molecule has 1 N–H and O–H groups in total. The normalized spacial score (nSPS) is 10.3. The van der Waals surface area contributed by atoms with Crippen molar-refractivity contribution in [3.63, 3.8) is 0 Å².